The molecule has 0 radical (unpaired) electrons. The van der Waals surface area contributed by atoms with Gasteiger partial charge in [-0.05, 0) is 56.2 Å². The van der Waals surface area contributed by atoms with Crippen molar-refractivity contribution in [2.45, 2.75) is 108 Å². The van der Waals surface area contributed by atoms with Crippen molar-refractivity contribution in [1.29, 1.82) is 0 Å². The highest BCUT2D eigenvalue weighted by molar-refractivity contribution is 7.91. The molecule has 5 bridgehead atoms. The van der Waals surface area contributed by atoms with E-state index in [1.165, 1.54) is 4.90 Å². The van der Waals surface area contributed by atoms with E-state index in [0.717, 1.165) is 5.56 Å². The average Bonchev–Trinajstić information content (AvgIpc) is 4.06. The number of carbonyl (C=O) groups excluding carboxylic acids is 4. The molecule has 4 aliphatic rings. The van der Waals surface area contributed by atoms with Gasteiger partial charge in [0.25, 0.3) is 5.91 Å². The van der Waals surface area contributed by atoms with E-state index in [1.54, 1.807) is 34.6 Å². The molecular weight excluding hydrogens is 763 g/mol. The van der Waals surface area contributed by atoms with Crippen LogP contribution >= 0.6 is 0 Å². The molecule has 4 amide bonds. The fourth-order valence-electron chi connectivity index (χ4n) is 7.33. The van der Waals surface area contributed by atoms with E-state index < -0.39 is 92.6 Å². The van der Waals surface area contributed by atoms with Crippen molar-refractivity contribution < 1.29 is 45.9 Å². The maximum Gasteiger partial charge on any atom is 0.408 e. The van der Waals surface area contributed by atoms with Gasteiger partial charge in [-0.25, -0.2) is 32.0 Å². The highest BCUT2D eigenvalue weighted by Crippen LogP contribution is 2.48. The predicted molar refractivity (Wildman–Crippen MR) is 205 cm³/mol. The van der Waals surface area contributed by atoms with Gasteiger partial charge in [0.15, 0.2) is 0 Å². The number of hydrogen-bond acceptors (Lipinski definition) is 10. The molecule has 3 N–H and O–H groups in total. The van der Waals surface area contributed by atoms with E-state index in [-0.39, 0.29) is 18.8 Å². The molecule has 2 aliphatic heterocycles. The summed E-state index contributed by atoms with van der Waals surface area (Å²) in [5.41, 5.74) is -1.22. The molecule has 0 spiro atoms. The number of alkyl halides is 2. The Balaban J connectivity index is 1.29. The van der Waals surface area contributed by atoms with Crippen LogP contribution in [0.25, 0.3) is 28.4 Å². The smallest absolute Gasteiger partial charge is 0.408 e. The second-order valence-corrected chi connectivity index (χ2v) is 18.9. The molecule has 3 aromatic rings. The lowest BCUT2D eigenvalue weighted by Crippen LogP contribution is -2.60. The molecule has 17 heteroatoms. The topological polar surface area (TPSA) is 186 Å². The van der Waals surface area contributed by atoms with Crippen molar-refractivity contribution in [3.63, 3.8) is 0 Å². The van der Waals surface area contributed by atoms with Crippen LogP contribution in [-0.4, -0.2) is 94.6 Å². The summed E-state index contributed by atoms with van der Waals surface area (Å²) in [4.78, 5) is 66.8. The van der Waals surface area contributed by atoms with Gasteiger partial charge in [0.05, 0.1) is 28.7 Å². The lowest BCUT2D eigenvalue weighted by Gasteiger charge is -2.36. The summed E-state index contributed by atoms with van der Waals surface area (Å²) in [5, 5.41) is 4.30. The second-order valence-electron chi connectivity index (χ2n) is 17.0. The molecule has 2 saturated carbocycles. The summed E-state index contributed by atoms with van der Waals surface area (Å²) >= 11 is 0. The van der Waals surface area contributed by atoms with Gasteiger partial charge in [-0.3, -0.25) is 19.1 Å². The lowest BCUT2D eigenvalue weighted by molar-refractivity contribution is -0.143. The van der Waals surface area contributed by atoms with Crippen LogP contribution in [0.4, 0.5) is 13.6 Å². The van der Waals surface area contributed by atoms with E-state index in [9.17, 15) is 36.4 Å². The van der Waals surface area contributed by atoms with Gasteiger partial charge in [-0.2, -0.15) is 0 Å². The first-order valence-corrected chi connectivity index (χ1v) is 20.5. The number of nitrogens with one attached hydrogen (secondary N) is 3. The Hall–Kier alpha value is -5.19. The number of amides is 4. The minimum Gasteiger partial charge on any atom is -0.471 e. The zero-order valence-corrected chi connectivity index (χ0v) is 33.1. The average molecular weight is 809 g/mol. The first kappa shape index (κ1) is 40.0. The molecule has 0 unspecified atom stereocenters. The van der Waals surface area contributed by atoms with Crippen molar-refractivity contribution in [1.82, 2.24) is 30.2 Å². The molecule has 2 aliphatic carbocycles. The van der Waals surface area contributed by atoms with E-state index in [2.05, 4.69) is 10.6 Å². The van der Waals surface area contributed by atoms with Gasteiger partial charge in [0.2, 0.25) is 34.1 Å². The maximum atomic E-state index is 14.7. The van der Waals surface area contributed by atoms with Gasteiger partial charge in [0, 0.05) is 18.4 Å². The second kappa shape index (κ2) is 14.6. The number of carbonyl (C=O) groups is 4. The molecule has 1 aromatic heterocycles. The monoisotopic (exact) mass is 808 g/mol. The predicted octanol–water partition coefficient (Wildman–Crippen LogP) is 4.73. The highest BCUT2D eigenvalue weighted by atomic mass is 32.2. The number of benzene rings is 2. The van der Waals surface area contributed by atoms with Gasteiger partial charge < -0.3 is 25.0 Å². The zero-order chi connectivity index (χ0) is 41.1. The minimum atomic E-state index is -4.15. The van der Waals surface area contributed by atoms with Gasteiger partial charge >= 0.3 is 6.09 Å². The number of nitrogens with zero attached hydrogens (tertiary/aromatic N) is 3. The van der Waals surface area contributed by atoms with Crippen LogP contribution in [0.2, 0.25) is 0 Å². The Morgan fingerprint density at radius 1 is 1.04 bits per heavy atom. The van der Waals surface area contributed by atoms with E-state index in [1.807, 2.05) is 65.4 Å². The van der Waals surface area contributed by atoms with Gasteiger partial charge in [-0.15, -0.1) is 0 Å². The number of aromatic nitrogens is 2. The van der Waals surface area contributed by atoms with Crippen molar-refractivity contribution in [2.24, 2.45) is 11.3 Å². The van der Waals surface area contributed by atoms with Crippen LogP contribution in [0.1, 0.15) is 72.3 Å². The Morgan fingerprint density at radius 2 is 1.75 bits per heavy atom. The fourth-order valence-corrected chi connectivity index (χ4v) is 8.69. The molecule has 3 fully saturated rings. The van der Waals surface area contributed by atoms with Crippen molar-refractivity contribution >= 4 is 50.9 Å². The lowest BCUT2D eigenvalue weighted by atomic mass is 9.85. The number of sulfonamides is 1. The molecule has 2 aromatic carbocycles. The van der Waals surface area contributed by atoms with Crippen molar-refractivity contribution in [2.75, 3.05) is 6.54 Å². The molecule has 14 nitrogen and oxygen atoms in total. The fraction of sp³-hybridized carbons (Fsp3) is 0.500. The first-order valence-electron chi connectivity index (χ1n) is 18.9. The van der Waals surface area contributed by atoms with Crippen LogP contribution in [0.3, 0.4) is 0 Å². The molecule has 3 heterocycles. The summed E-state index contributed by atoms with van der Waals surface area (Å²) in [6, 6.07) is 12.0. The normalized spacial score (nSPS) is 26.9. The minimum absolute atomic E-state index is 0.116. The maximum absolute atomic E-state index is 14.7. The highest BCUT2D eigenvalue weighted by Gasteiger charge is 2.67. The summed E-state index contributed by atoms with van der Waals surface area (Å²) in [6.45, 7) is 8.39. The van der Waals surface area contributed by atoms with E-state index >= 15 is 0 Å². The number of halogens is 2. The summed E-state index contributed by atoms with van der Waals surface area (Å²) in [6.07, 6.45) is -0.872. The number of fused-ring (bicyclic) bond motifs is 4. The van der Waals surface area contributed by atoms with Crippen LogP contribution < -0.4 is 20.1 Å². The van der Waals surface area contributed by atoms with Crippen LogP contribution in [-0.2, 0) is 29.1 Å². The Labute approximate surface area is 329 Å². The van der Waals surface area contributed by atoms with Crippen LogP contribution in [0.5, 0.6) is 5.88 Å². The number of rotatable bonds is 7. The molecule has 304 valence electrons. The standard InChI is InChI=1S/C40H46F2N6O8S/c1-38(2,3)31-35(50)48-21-24(19-29(48)33(49)46-40(20-26(40)32(41)42)36(51)47-57(53,54)25-14-15-25)55-34-30(23-11-7-6-8-12-23)43-27-16-13-22(18-28(27)44-34)10-9-17-39(4,5)56-37(52)45-31/h6-13,16,18,24-26,29,31-32H,14-15,17,19-21H2,1-5H3,(H,45,52)(H,46,49)(H,47,51)/b10-9+/t24-,26+,29+,31-,40+/m1/s1. The van der Waals surface area contributed by atoms with Crippen molar-refractivity contribution in [3.8, 4) is 17.1 Å². The molecule has 7 rings (SSSR count). The third-order valence-electron chi connectivity index (χ3n) is 10.8. The van der Waals surface area contributed by atoms with Gasteiger partial charge in [0.1, 0.15) is 35.0 Å². The number of alkyl carbamates (subject to hydrolysis) is 1. The molecular formula is C40H46F2N6O8S. The van der Waals surface area contributed by atoms with Crippen molar-refractivity contribution in [3.05, 3.63) is 60.2 Å². The number of hydrogen-bond donors (Lipinski definition) is 3. The quantitative estimate of drug-likeness (QED) is 0.302. The number of cyclic esters (lactones) is 1. The molecule has 1 saturated heterocycles. The zero-order valence-electron chi connectivity index (χ0n) is 32.3. The summed E-state index contributed by atoms with van der Waals surface area (Å²) in [7, 11) is -4.15. The third kappa shape index (κ3) is 8.43. The Morgan fingerprint density at radius 3 is 2.40 bits per heavy atom. The van der Waals surface area contributed by atoms with Crippen LogP contribution in [0, 0.1) is 11.3 Å². The summed E-state index contributed by atoms with van der Waals surface area (Å²) < 4.78 is 68.0. The SMILES string of the molecule is CC1(C)C/C=C/c2ccc3nc(-c4ccccc4)c(nc3c2)O[C@@H]2C[C@@H](C(=O)N[C@@]3(C(=O)NS(=O)(=O)C4CC4)C[C@H]3C(F)F)N(C2)C(=O)[C@H](C(C)(C)C)NC(=O)O1. The number of ether oxygens (including phenoxy) is 2. The van der Waals surface area contributed by atoms with E-state index in [4.69, 9.17) is 19.4 Å². The Bertz CT molecular complexity index is 2240. The largest absolute Gasteiger partial charge is 0.471 e. The summed E-state index contributed by atoms with van der Waals surface area (Å²) in [5.74, 6) is -4.48. The third-order valence-corrected chi connectivity index (χ3v) is 12.6. The molecule has 57 heavy (non-hydrogen) atoms. The first-order chi connectivity index (χ1) is 26.8. The van der Waals surface area contributed by atoms with Gasteiger partial charge in [-0.1, -0.05) is 69.3 Å². The molecule has 5 atom stereocenters. The Kier molecular flexibility index (Phi) is 10.3. The van der Waals surface area contributed by atoms with E-state index in [0.29, 0.717) is 41.6 Å². The van der Waals surface area contributed by atoms with Crippen LogP contribution in [0.15, 0.2) is 54.6 Å².